The van der Waals surface area contributed by atoms with Crippen molar-refractivity contribution in [3.05, 3.63) is 63.7 Å². The maximum atomic E-state index is 12.0. The minimum atomic E-state index is -3.46. The summed E-state index contributed by atoms with van der Waals surface area (Å²) < 4.78 is 33.0. The van der Waals surface area contributed by atoms with E-state index in [4.69, 9.17) is 4.74 Å². The van der Waals surface area contributed by atoms with Crippen LogP contribution in [0, 0.1) is 3.57 Å². The van der Waals surface area contributed by atoms with Crippen molar-refractivity contribution in [2.24, 2.45) is 0 Å². The molecule has 0 aliphatic carbocycles. The molecule has 0 radical (unpaired) electrons. The summed E-state index contributed by atoms with van der Waals surface area (Å²) in [6.07, 6.45) is 0. The second kappa shape index (κ2) is 7.88. The van der Waals surface area contributed by atoms with Gasteiger partial charge in [0.25, 0.3) is 0 Å². The number of rotatable bonds is 7. The van der Waals surface area contributed by atoms with E-state index >= 15 is 0 Å². The lowest BCUT2D eigenvalue weighted by atomic mass is 10.2. The number of hydrogen-bond donors (Lipinski definition) is 1. The van der Waals surface area contributed by atoms with Gasteiger partial charge in [-0.05, 0) is 52.4 Å². The molecule has 0 fully saturated rings. The molecule has 0 spiro atoms. The number of nitrogens with one attached hydrogen (secondary N) is 1. The quantitative estimate of drug-likeness (QED) is 0.557. The van der Waals surface area contributed by atoms with Crippen LogP contribution in [0.15, 0.2) is 59.5 Å². The SMILES string of the molecule is O=S(=O)(NCCOCc1ccccc1)c1ccc(I)cc1. The van der Waals surface area contributed by atoms with E-state index in [2.05, 4.69) is 27.3 Å². The Balaban J connectivity index is 1.76. The van der Waals surface area contributed by atoms with E-state index in [-0.39, 0.29) is 11.4 Å². The van der Waals surface area contributed by atoms with E-state index in [1.807, 2.05) is 30.3 Å². The first-order chi connectivity index (χ1) is 10.1. The average Bonchev–Trinajstić information content (AvgIpc) is 2.48. The third-order valence-corrected chi connectivity index (χ3v) is 4.97. The average molecular weight is 417 g/mol. The fourth-order valence-corrected chi connectivity index (χ4v) is 3.08. The van der Waals surface area contributed by atoms with Gasteiger partial charge in [0.15, 0.2) is 0 Å². The van der Waals surface area contributed by atoms with Gasteiger partial charge in [-0.1, -0.05) is 30.3 Å². The first-order valence-electron chi connectivity index (χ1n) is 6.45. The zero-order valence-corrected chi connectivity index (χ0v) is 14.3. The summed E-state index contributed by atoms with van der Waals surface area (Å²) in [7, 11) is -3.46. The van der Waals surface area contributed by atoms with Crippen LogP contribution in [0.4, 0.5) is 0 Å². The van der Waals surface area contributed by atoms with Crippen molar-refractivity contribution < 1.29 is 13.2 Å². The van der Waals surface area contributed by atoms with E-state index in [0.717, 1.165) is 9.13 Å². The van der Waals surface area contributed by atoms with E-state index in [1.54, 1.807) is 24.3 Å². The van der Waals surface area contributed by atoms with Crippen LogP contribution < -0.4 is 4.72 Å². The highest BCUT2D eigenvalue weighted by Crippen LogP contribution is 2.11. The molecule has 0 bridgehead atoms. The summed E-state index contributed by atoms with van der Waals surface area (Å²) in [5, 5.41) is 0. The monoisotopic (exact) mass is 417 g/mol. The Labute approximate surface area is 138 Å². The van der Waals surface area contributed by atoms with Crippen molar-refractivity contribution in [1.82, 2.24) is 4.72 Å². The zero-order valence-electron chi connectivity index (χ0n) is 11.3. The van der Waals surface area contributed by atoms with Crippen molar-refractivity contribution in [3.8, 4) is 0 Å². The van der Waals surface area contributed by atoms with Crippen LogP contribution in [0.5, 0.6) is 0 Å². The van der Waals surface area contributed by atoms with E-state index in [1.165, 1.54) is 0 Å². The molecule has 21 heavy (non-hydrogen) atoms. The molecule has 0 saturated carbocycles. The van der Waals surface area contributed by atoms with Gasteiger partial charge in [-0.3, -0.25) is 0 Å². The molecule has 0 amide bonds. The van der Waals surface area contributed by atoms with E-state index < -0.39 is 10.0 Å². The number of benzene rings is 2. The Morgan fingerprint density at radius 3 is 2.33 bits per heavy atom. The predicted octanol–water partition coefficient (Wildman–Crippen LogP) is 2.79. The normalized spacial score (nSPS) is 11.5. The van der Waals surface area contributed by atoms with Crippen LogP contribution >= 0.6 is 22.6 Å². The Hall–Kier alpha value is -0.960. The van der Waals surface area contributed by atoms with Crippen molar-refractivity contribution in [2.75, 3.05) is 13.2 Å². The second-order valence-corrected chi connectivity index (χ2v) is 7.40. The van der Waals surface area contributed by atoms with E-state index in [9.17, 15) is 8.42 Å². The Bertz CT molecular complexity index is 657. The third kappa shape index (κ3) is 5.39. The largest absolute Gasteiger partial charge is 0.375 e. The number of halogens is 1. The molecule has 4 nitrogen and oxygen atoms in total. The van der Waals surface area contributed by atoms with Crippen molar-refractivity contribution >= 4 is 32.6 Å². The summed E-state index contributed by atoms with van der Waals surface area (Å²) in [5.41, 5.74) is 1.07. The summed E-state index contributed by atoms with van der Waals surface area (Å²) in [4.78, 5) is 0.269. The second-order valence-electron chi connectivity index (χ2n) is 4.39. The molecule has 0 aliphatic rings. The Morgan fingerprint density at radius 2 is 1.67 bits per heavy atom. The molecule has 0 atom stereocenters. The molecule has 2 aromatic rings. The standard InChI is InChI=1S/C15H16INO3S/c16-14-6-8-15(9-7-14)21(18,19)17-10-11-20-12-13-4-2-1-3-5-13/h1-9,17H,10-12H2. The Morgan fingerprint density at radius 1 is 1.00 bits per heavy atom. The van der Waals surface area contributed by atoms with Crippen molar-refractivity contribution in [1.29, 1.82) is 0 Å². The van der Waals surface area contributed by atoms with Crippen LogP contribution in [-0.2, 0) is 21.4 Å². The molecule has 6 heteroatoms. The molecular weight excluding hydrogens is 401 g/mol. The predicted molar refractivity (Wildman–Crippen MR) is 90.4 cm³/mol. The van der Waals surface area contributed by atoms with Gasteiger partial charge < -0.3 is 4.74 Å². The maximum Gasteiger partial charge on any atom is 0.240 e. The van der Waals surface area contributed by atoms with Crippen LogP contribution in [0.2, 0.25) is 0 Å². The van der Waals surface area contributed by atoms with Gasteiger partial charge in [0.1, 0.15) is 0 Å². The smallest absolute Gasteiger partial charge is 0.240 e. The number of ether oxygens (including phenoxy) is 1. The van der Waals surface area contributed by atoms with Gasteiger partial charge in [-0.15, -0.1) is 0 Å². The molecule has 0 aliphatic heterocycles. The van der Waals surface area contributed by atoms with Gasteiger partial charge in [0.05, 0.1) is 18.1 Å². The molecule has 0 saturated heterocycles. The summed E-state index contributed by atoms with van der Waals surface area (Å²) in [5.74, 6) is 0. The van der Waals surface area contributed by atoms with Crippen LogP contribution in [-0.4, -0.2) is 21.6 Å². The highest BCUT2D eigenvalue weighted by Gasteiger charge is 2.12. The first kappa shape index (κ1) is 16.4. The van der Waals surface area contributed by atoms with Crippen molar-refractivity contribution in [3.63, 3.8) is 0 Å². The lowest BCUT2D eigenvalue weighted by Gasteiger charge is -2.08. The fraction of sp³-hybridized carbons (Fsp3) is 0.200. The zero-order chi connectivity index (χ0) is 15.1. The topological polar surface area (TPSA) is 55.4 Å². The minimum Gasteiger partial charge on any atom is -0.375 e. The highest BCUT2D eigenvalue weighted by atomic mass is 127. The van der Waals surface area contributed by atoms with E-state index in [0.29, 0.717) is 13.2 Å². The molecular formula is C15H16INO3S. The lowest BCUT2D eigenvalue weighted by molar-refractivity contribution is 0.126. The molecule has 0 unspecified atom stereocenters. The molecule has 1 N–H and O–H groups in total. The van der Waals surface area contributed by atoms with Gasteiger partial charge >= 0.3 is 0 Å². The van der Waals surface area contributed by atoms with Gasteiger partial charge in [0.2, 0.25) is 10.0 Å². The summed E-state index contributed by atoms with van der Waals surface area (Å²) in [6, 6.07) is 16.5. The molecule has 0 aromatic heterocycles. The summed E-state index contributed by atoms with van der Waals surface area (Å²) >= 11 is 2.13. The molecule has 112 valence electrons. The van der Waals surface area contributed by atoms with Crippen LogP contribution in [0.25, 0.3) is 0 Å². The minimum absolute atomic E-state index is 0.251. The van der Waals surface area contributed by atoms with Gasteiger partial charge in [-0.25, -0.2) is 13.1 Å². The summed E-state index contributed by atoms with van der Waals surface area (Å²) in [6.45, 7) is 1.06. The highest BCUT2D eigenvalue weighted by molar-refractivity contribution is 14.1. The number of sulfonamides is 1. The fourth-order valence-electron chi connectivity index (χ4n) is 1.71. The van der Waals surface area contributed by atoms with Crippen LogP contribution in [0.1, 0.15) is 5.56 Å². The third-order valence-electron chi connectivity index (χ3n) is 2.77. The number of hydrogen-bond acceptors (Lipinski definition) is 3. The van der Waals surface area contributed by atoms with Gasteiger partial charge in [-0.2, -0.15) is 0 Å². The lowest BCUT2D eigenvalue weighted by Crippen LogP contribution is -2.27. The molecule has 2 rings (SSSR count). The van der Waals surface area contributed by atoms with Crippen molar-refractivity contribution in [2.45, 2.75) is 11.5 Å². The molecule has 2 aromatic carbocycles. The van der Waals surface area contributed by atoms with Gasteiger partial charge in [0, 0.05) is 10.1 Å². The Kier molecular flexibility index (Phi) is 6.16. The van der Waals surface area contributed by atoms with Crippen LogP contribution in [0.3, 0.4) is 0 Å². The molecule has 0 heterocycles. The maximum absolute atomic E-state index is 12.0. The first-order valence-corrected chi connectivity index (χ1v) is 9.01.